The van der Waals surface area contributed by atoms with Crippen LogP contribution in [0.2, 0.25) is 5.02 Å². The van der Waals surface area contributed by atoms with Crippen molar-refractivity contribution in [1.82, 2.24) is 14.9 Å². The summed E-state index contributed by atoms with van der Waals surface area (Å²) in [6.07, 6.45) is 0. The highest BCUT2D eigenvalue weighted by atomic mass is 35.5. The molecule has 134 valence electrons. The molecule has 0 spiro atoms. The topological polar surface area (TPSA) is 118 Å². The molecular formula is C15H19ClN6O2S. The van der Waals surface area contributed by atoms with Crippen LogP contribution in [0.5, 0.6) is 0 Å². The van der Waals surface area contributed by atoms with Crippen molar-refractivity contribution in [2.45, 2.75) is 9.79 Å². The zero-order valence-electron chi connectivity index (χ0n) is 13.7. The average molecular weight is 383 g/mol. The van der Waals surface area contributed by atoms with Crippen LogP contribution in [-0.2, 0) is 9.84 Å². The van der Waals surface area contributed by atoms with E-state index in [1.54, 1.807) is 0 Å². The van der Waals surface area contributed by atoms with Gasteiger partial charge in [-0.25, -0.2) is 8.42 Å². The lowest BCUT2D eigenvalue weighted by Crippen LogP contribution is -2.45. The minimum atomic E-state index is -3.92. The van der Waals surface area contributed by atoms with Crippen molar-refractivity contribution in [2.75, 3.05) is 49.6 Å². The fourth-order valence-corrected chi connectivity index (χ4v) is 4.29. The van der Waals surface area contributed by atoms with Crippen molar-refractivity contribution in [2.24, 2.45) is 0 Å². The number of piperazine rings is 1. The van der Waals surface area contributed by atoms with Gasteiger partial charge in [-0.3, -0.25) is 0 Å². The average Bonchev–Trinajstić information content (AvgIpc) is 2.55. The molecule has 0 unspecified atom stereocenters. The smallest absolute Gasteiger partial charge is 0.224 e. The quantitative estimate of drug-likeness (QED) is 0.802. The fourth-order valence-electron chi connectivity index (χ4n) is 2.70. The third-order valence-electron chi connectivity index (χ3n) is 4.09. The first-order valence-electron chi connectivity index (χ1n) is 7.66. The highest BCUT2D eigenvalue weighted by Crippen LogP contribution is 2.34. The summed E-state index contributed by atoms with van der Waals surface area (Å²) in [7, 11) is -1.91. The predicted molar refractivity (Wildman–Crippen MR) is 97.5 cm³/mol. The first-order valence-corrected chi connectivity index (χ1v) is 9.52. The SMILES string of the molecule is CN1CCN(c2nc(N)nc(N)c2S(=O)(=O)c2ccc(Cl)cc2)CC1. The Kier molecular flexibility index (Phi) is 4.72. The maximum Gasteiger partial charge on any atom is 0.224 e. The molecule has 25 heavy (non-hydrogen) atoms. The van der Waals surface area contributed by atoms with E-state index in [-0.39, 0.29) is 27.4 Å². The maximum atomic E-state index is 13.1. The van der Waals surface area contributed by atoms with Gasteiger partial charge in [-0.15, -0.1) is 0 Å². The van der Waals surface area contributed by atoms with Gasteiger partial charge in [0.2, 0.25) is 15.8 Å². The van der Waals surface area contributed by atoms with Crippen molar-refractivity contribution in [3.8, 4) is 0 Å². The molecule has 4 N–H and O–H groups in total. The van der Waals surface area contributed by atoms with Gasteiger partial charge >= 0.3 is 0 Å². The zero-order chi connectivity index (χ0) is 18.2. The number of nitrogens with two attached hydrogens (primary N) is 2. The summed E-state index contributed by atoms with van der Waals surface area (Å²) in [6.45, 7) is 2.81. The standard InChI is InChI=1S/C15H19ClN6O2S/c1-21-6-8-22(9-7-21)14-12(13(17)19-15(18)20-14)25(23,24)11-4-2-10(16)3-5-11/h2-5H,6-9H2,1H3,(H4,17,18,19,20). The number of aromatic nitrogens is 2. The van der Waals surface area contributed by atoms with Gasteiger partial charge < -0.3 is 21.3 Å². The van der Waals surface area contributed by atoms with E-state index in [1.807, 2.05) is 11.9 Å². The summed E-state index contributed by atoms with van der Waals surface area (Å²) in [5, 5.41) is 0.444. The van der Waals surface area contributed by atoms with Crippen LogP contribution in [0, 0.1) is 0 Å². The van der Waals surface area contributed by atoms with Crippen LogP contribution in [0.15, 0.2) is 34.1 Å². The zero-order valence-corrected chi connectivity index (χ0v) is 15.3. The number of nitrogens with zero attached hydrogens (tertiary/aromatic N) is 4. The third kappa shape index (κ3) is 3.48. The molecule has 0 aliphatic carbocycles. The summed E-state index contributed by atoms with van der Waals surface area (Å²) in [5.41, 5.74) is 11.6. The molecule has 0 atom stereocenters. The molecule has 1 fully saturated rings. The van der Waals surface area contributed by atoms with Crippen LogP contribution in [0.25, 0.3) is 0 Å². The second kappa shape index (κ2) is 6.66. The lowest BCUT2D eigenvalue weighted by atomic mass is 10.3. The number of rotatable bonds is 3. The normalized spacial score (nSPS) is 16.2. The van der Waals surface area contributed by atoms with Crippen LogP contribution < -0.4 is 16.4 Å². The van der Waals surface area contributed by atoms with E-state index in [9.17, 15) is 8.42 Å². The van der Waals surface area contributed by atoms with Crippen molar-refractivity contribution in [1.29, 1.82) is 0 Å². The molecule has 2 heterocycles. The van der Waals surface area contributed by atoms with E-state index >= 15 is 0 Å². The fraction of sp³-hybridized carbons (Fsp3) is 0.333. The number of nitrogen functional groups attached to an aromatic ring is 2. The molecule has 1 aliphatic heterocycles. The minimum Gasteiger partial charge on any atom is -0.382 e. The number of benzene rings is 1. The Hall–Kier alpha value is -2.10. The predicted octanol–water partition coefficient (Wildman–Crippen LogP) is 0.879. The molecule has 2 aromatic rings. The number of likely N-dealkylation sites (N-methyl/N-ethyl adjacent to an activating group) is 1. The van der Waals surface area contributed by atoms with E-state index < -0.39 is 9.84 Å². The van der Waals surface area contributed by atoms with E-state index in [4.69, 9.17) is 23.1 Å². The highest BCUT2D eigenvalue weighted by Gasteiger charge is 2.30. The summed E-state index contributed by atoms with van der Waals surface area (Å²) >= 11 is 5.85. The van der Waals surface area contributed by atoms with Crippen LogP contribution in [-0.4, -0.2) is 56.5 Å². The van der Waals surface area contributed by atoms with E-state index in [1.165, 1.54) is 24.3 Å². The van der Waals surface area contributed by atoms with Gasteiger partial charge in [0.15, 0.2) is 16.5 Å². The second-order valence-electron chi connectivity index (χ2n) is 5.87. The maximum absolute atomic E-state index is 13.1. The third-order valence-corrected chi connectivity index (χ3v) is 6.16. The molecule has 10 heteroatoms. The Morgan fingerprint density at radius 1 is 1.04 bits per heavy atom. The van der Waals surface area contributed by atoms with Crippen LogP contribution >= 0.6 is 11.6 Å². The van der Waals surface area contributed by atoms with Gasteiger partial charge in [0.1, 0.15) is 0 Å². The second-order valence-corrected chi connectivity index (χ2v) is 8.19. The minimum absolute atomic E-state index is 0.0542. The largest absolute Gasteiger partial charge is 0.382 e. The number of anilines is 3. The molecule has 1 aromatic carbocycles. The summed E-state index contributed by atoms with van der Waals surface area (Å²) in [6, 6.07) is 5.89. The van der Waals surface area contributed by atoms with Gasteiger partial charge in [0.05, 0.1) is 4.90 Å². The molecule has 0 amide bonds. The van der Waals surface area contributed by atoms with Crippen LogP contribution in [0.1, 0.15) is 0 Å². The Balaban J connectivity index is 2.13. The summed E-state index contributed by atoms with van der Waals surface area (Å²) in [5.74, 6) is 0.0333. The Morgan fingerprint density at radius 2 is 1.64 bits per heavy atom. The number of sulfone groups is 1. The molecule has 0 bridgehead atoms. The lowest BCUT2D eigenvalue weighted by molar-refractivity contribution is 0.311. The molecule has 1 aliphatic rings. The van der Waals surface area contributed by atoms with Gasteiger partial charge in [-0.2, -0.15) is 9.97 Å². The van der Waals surface area contributed by atoms with Crippen molar-refractivity contribution >= 4 is 39.0 Å². The molecule has 1 aromatic heterocycles. The first kappa shape index (κ1) is 17.7. The Bertz CT molecular complexity index is 880. The number of hydrogen-bond acceptors (Lipinski definition) is 8. The molecular weight excluding hydrogens is 364 g/mol. The Morgan fingerprint density at radius 3 is 2.24 bits per heavy atom. The van der Waals surface area contributed by atoms with E-state index in [2.05, 4.69) is 14.9 Å². The van der Waals surface area contributed by atoms with Gasteiger partial charge in [-0.1, -0.05) is 11.6 Å². The van der Waals surface area contributed by atoms with Gasteiger partial charge in [-0.05, 0) is 31.3 Å². The molecule has 0 saturated carbocycles. The highest BCUT2D eigenvalue weighted by molar-refractivity contribution is 7.91. The molecule has 3 rings (SSSR count). The van der Waals surface area contributed by atoms with E-state index in [0.29, 0.717) is 18.1 Å². The summed E-state index contributed by atoms with van der Waals surface area (Å²) in [4.78, 5) is 12.0. The van der Waals surface area contributed by atoms with E-state index in [0.717, 1.165) is 13.1 Å². The molecule has 0 radical (unpaired) electrons. The van der Waals surface area contributed by atoms with Crippen molar-refractivity contribution in [3.63, 3.8) is 0 Å². The monoisotopic (exact) mass is 382 g/mol. The molecule has 8 nitrogen and oxygen atoms in total. The van der Waals surface area contributed by atoms with Gasteiger partial charge in [0, 0.05) is 31.2 Å². The number of halogens is 1. The van der Waals surface area contributed by atoms with Gasteiger partial charge in [0.25, 0.3) is 0 Å². The Labute approximate surface area is 151 Å². The summed E-state index contributed by atoms with van der Waals surface area (Å²) < 4.78 is 26.2. The van der Waals surface area contributed by atoms with Crippen LogP contribution in [0.4, 0.5) is 17.6 Å². The number of hydrogen-bond donors (Lipinski definition) is 2. The molecule has 1 saturated heterocycles. The van der Waals surface area contributed by atoms with Crippen molar-refractivity contribution in [3.05, 3.63) is 29.3 Å². The van der Waals surface area contributed by atoms with Crippen LogP contribution in [0.3, 0.4) is 0 Å². The lowest BCUT2D eigenvalue weighted by Gasteiger charge is -2.34. The first-order chi connectivity index (χ1) is 11.8. The van der Waals surface area contributed by atoms with Crippen molar-refractivity contribution < 1.29 is 8.42 Å².